The summed E-state index contributed by atoms with van der Waals surface area (Å²) >= 11 is 0. The number of hydrogen-bond acceptors (Lipinski definition) is 5. The van der Waals surface area contributed by atoms with Crippen molar-refractivity contribution in [2.24, 2.45) is 11.0 Å². The van der Waals surface area contributed by atoms with Gasteiger partial charge in [-0.15, -0.1) is 0 Å². The van der Waals surface area contributed by atoms with Crippen molar-refractivity contribution in [1.82, 2.24) is 25.2 Å². The van der Waals surface area contributed by atoms with E-state index in [1.54, 1.807) is 17.2 Å². The molecule has 1 unspecified atom stereocenters. The molecule has 1 N–H and O–H groups in total. The maximum Gasteiger partial charge on any atom is 0.240 e. The Kier molecular flexibility index (Phi) is 2.79. The van der Waals surface area contributed by atoms with Crippen molar-refractivity contribution >= 4 is 11.6 Å². The molecule has 7 heteroatoms. The lowest BCUT2D eigenvalue weighted by Crippen LogP contribution is -2.32. The monoisotopic (exact) mass is 256 g/mol. The molecule has 0 aliphatic carbocycles. The van der Waals surface area contributed by atoms with Crippen LogP contribution in [0.15, 0.2) is 36.1 Å². The van der Waals surface area contributed by atoms with Crippen molar-refractivity contribution in [3.63, 3.8) is 0 Å². The summed E-state index contributed by atoms with van der Waals surface area (Å²) < 4.78 is 1.58. The number of rotatable bonds is 2. The van der Waals surface area contributed by atoms with Gasteiger partial charge >= 0.3 is 0 Å². The van der Waals surface area contributed by atoms with Crippen LogP contribution >= 0.6 is 0 Å². The zero-order valence-corrected chi connectivity index (χ0v) is 10.3. The molecule has 2 aromatic heterocycles. The van der Waals surface area contributed by atoms with Gasteiger partial charge in [0.2, 0.25) is 5.91 Å². The Morgan fingerprint density at radius 1 is 1.42 bits per heavy atom. The summed E-state index contributed by atoms with van der Waals surface area (Å²) in [6.07, 6.45) is 5.22. The predicted molar refractivity (Wildman–Crippen MR) is 67.6 cm³/mol. The lowest BCUT2D eigenvalue weighted by molar-refractivity contribution is -0.121. The first-order valence-electron chi connectivity index (χ1n) is 5.92. The topological polar surface area (TPSA) is 85.1 Å². The second-order valence-electron chi connectivity index (χ2n) is 4.38. The molecule has 0 spiro atoms. The quantitative estimate of drug-likeness (QED) is 0.849. The van der Waals surface area contributed by atoms with E-state index in [0.29, 0.717) is 12.2 Å². The summed E-state index contributed by atoms with van der Waals surface area (Å²) in [6, 6.07) is 3.76. The molecule has 2 aromatic rings. The van der Waals surface area contributed by atoms with Gasteiger partial charge in [-0.2, -0.15) is 10.2 Å². The van der Waals surface area contributed by atoms with Crippen molar-refractivity contribution in [3.05, 3.63) is 36.5 Å². The standard InChI is InChI=1S/C12H12N6O/c1-8-4-11(19)16-17-12(8)9-2-3-10(14-5-9)18-7-13-6-15-18/h2-3,5-8H,4H2,1H3,(H,16,19). The predicted octanol–water partition coefficient (Wildman–Crippen LogP) is 0.522. The summed E-state index contributed by atoms with van der Waals surface area (Å²) in [5.41, 5.74) is 4.24. The van der Waals surface area contributed by atoms with E-state index >= 15 is 0 Å². The van der Waals surface area contributed by atoms with Crippen LogP contribution in [0.4, 0.5) is 0 Å². The highest BCUT2D eigenvalue weighted by atomic mass is 16.2. The minimum Gasteiger partial charge on any atom is -0.273 e. The van der Waals surface area contributed by atoms with Crippen LogP contribution in [-0.2, 0) is 4.79 Å². The third-order valence-corrected chi connectivity index (χ3v) is 2.96. The largest absolute Gasteiger partial charge is 0.273 e. The number of carbonyl (C=O) groups is 1. The van der Waals surface area contributed by atoms with Crippen LogP contribution in [0.2, 0.25) is 0 Å². The Balaban J connectivity index is 1.89. The van der Waals surface area contributed by atoms with E-state index < -0.39 is 0 Å². The van der Waals surface area contributed by atoms with Gasteiger partial charge in [-0.05, 0) is 12.1 Å². The zero-order chi connectivity index (χ0) is 13.2. The number of pyridine rings is 1. The molecule has 1 amide bonds. The Bertz CT molecular complexity index is 616. The number of carbonyl (C=O) groups excluding carboxylic acids is 1. The van der Waals surface area contributed by atoms with E-state index in [4.69, 9.17) is 0 Å². The fourth-order valence-electron chi connectivity index (χ4n) is 2.00. The smallest absolute Gasteiger partial charge is 0.240 e. The van der Waals surface area contributed by atoms with Gasteiger partial charge in [-0.3, -0.25) is 4.79 Å². The van der Waals surface area contributed by atoms with Gasteiger partial charge in [0.05, 0.1) is 5.71 Å². The summed E-state index contributed by atoms with van der Waals surface area (Å²) in [4.78, 5) is 19.4. The second-order valence-corrected chi connectivity index (χ2v) is 4.38. The maximum atomic E-state index is 11.2. The molecule has 3 rings (SSSR count). The molecular weight excluding hydrogens is 244 g/mol. The average Bonchev–Trinajstić information content (AvgIpc) is 2.93. The average molecular weight is 256 g/mol. The zero-order valence-electron chi connectivity index (χ0n) is 10.3. The Labute approximate surface area is 109 Å². The highest BCUT2D eigenvalue weighted by molar-refractivity contribution is 6.05. The van der Waals surface area contributed by atoms with Gasteiger partial charge < -0.3 is 0 Å². The molecule has 0 saturated heterocycles. The van der Waals surface area contributed by atoms with E-state index in [2.05, 4.69) is 25.6 Å². The van der Waals surface area contributed by atoms with Crippen molar-refractivity contribution in [2.45, 2.75) is 13.3 Å². The molecule has 0 saturated carbocycles. The first kappa shape index (κ1) is 11.5. The minimum absolute atomic E-state index is 0.0524. The number of aromatic nitrogens is 4. The molecule has 1 aliphatic rings. The van der Waals surface area contributed by atoms with Crippen molar-refractivity contribution in [3.8, 4) is 5.82 Å². The molecule has 1 aliphatic heterocycles. The SMILES string of the molecule is CC1CC(=O)NN=C1c1ccc(-n2cncn2)nc1. The summed E-state index contributed by atoms with van der Waals surface area (Å²) in [6.45, 7) is 1.98. The van der Waals surface area contributed by atoms with Crippen LogP contribution in [0.25, 0.3) is 5.82 Å². The van der Waals surface area contributed by atoms with E-state index in [9.17, 15) is 4.79 Å². The molecule has 19 heavy (non-hydrogen) atoms. The number of nitrogens with zero attached hydrogens (tertiary/aromatic N) is 5. The van der Waals surface area contributed by atoms with Gasteiger partial charge in [0.1, 0.15) is 12.7 Å². The molecule has 0 aromatic carbocycles. The maximum absolute atomic E-state index is 11.2. The third kappa shape index (κ3) is 2.22. The molecule has 7 nitrogen and oxygen atoms in total. The fourth-order valence-corrected chi connectivity index (χ4v) is 2.00. The molecule has 0 bridgehead atoms. The van der Waals surface area contributed by atoms with Gasteiger partial charge in [0.25, 0.3) is 0 Å². The summed E-state index contributed by atoms with van der Waals surface area (Å²) in [5, 5.41) is 8.11. The lowest BCUT2D eigenvalue weighted by Gasteiger charge is -2.18. The molecular formula is C12H12N6O. The molecule has 1 atom stereocenters. The number of hydrogen-bond donors (Lipinski definition) is 1. The van der Waals surface area contributed by atoms with Crippen molar-refractivity contribution < 1.29 is 4.79 Å². The Hall–Kier alpha value is -2.57. The number of amides is 1. The lowest BCUT2D eigenvalue weighted by atomic mass is 9.95. The normalized spacial score (nSPS) is 18.9. The van der Waals surface area contributed by atoms with Crippen LogP contribution in [0.5, 0.6) is 0 Å². The van der Waals surface area contributed by atoms with Gasteiger partial charge in [0, 0.05) is 24.1 Å². The van der Waals surface area contributed by atoms with Gasteiger partial charge in [0.15, 0.2) is 5.82 Å². The second kappa shape index (κ2) is 4.60. The van der Waals surface area contributed by atoms with Gasteiger partial charge in [-0.1, -0.05) is 6.92 Å². The van der Waals surface area contributed by atoms with E-state index in [1.807, 2.05) is 19.1 Å². The number of nitrogens with one attached hydrogen (secondary N) is 1. The van der Waals surface area contributed by atoms with E-state index in [1.165, 1.54) is 6.33 Å². The highest BCUT2D eigenvalue weighted by Crippen LogP contribution is 2.16. The van der Waals surface area contributed by atoms with Crippen LogP contribution in [0.1, 0.15) is 18.9 Å². The first-order chi connectivity index (χ1) is 9.24. The summed E-state index contributed by atoms with van der Waals surface area (Å²) in [7, 11) is 0. The molecule has 96 valence electrons. The minimum atomic E-state index is -0.0524. The molecule has 3 heterocycles. The number of hydrazone groups is 1. The van der Waals surface area contributed by atoms with Crippen LogP contribution in [-0.4, -0.2) is 31.4 Å². The first-order valence-corrected chi connectivity index (χ1v) is 5.92. The fraction of sp³-hybridized carbons (Fsp3) is 0.250. The summed E-state index contributed by atoms with van der Waals surface area (Å²) in [5.74, 6) is 0.727. The van der Waals surface area contributed by atoms with Crippen molar-refractivity contribution in [1.29, 1.82) is 0 Å². The van der Waals surface area contributed by atoms with Crippen LogP contribution in [0.3, 0.4) is 0 Å². The Morgan fingerprint density at radius 2 is 2.32 bits per heavy atom. The highest BCUT2D eigenvalue weighted by Gasteiger charge is 2.21. The van der Waals surface area contributed by atoms with Gasteiger partial charge in [-0.25, -0.2) is 20.1 Å². The van der Waals surface area contributed by atoms with Crippen molar-refractivity contribution in [2.75, 3.05) is 0 Å². The molecule has 0 fully saturated rings. The molecule has 0 radical (unpaired) electrons. The van der Waals surface area contributed by atoms with E-state index in [0.717, 1.165) is 11.3 Å². The third-order valence-electron chi connectivity index (χ3n) is 2.96. The van der Waals surface area contributed by atoms with Crippen LogP contribution in [0, 0.1) is 5.92 Å². The Morgan fingerprint density at radius 3 is 2.95 bits per heavy atom. The van der Waals surface area contributed by atoms with Crippen LogP contribution < -0.4 is 5.43 Å². The van der Waals surface area contributed by atoms with E-state index in [-0.39, 0.29) is 11.8 Å².